The number of amides is 1. The van der Waals surface area contributed by atoms with Crippen LogP contribution in [0.15, 0.2) is 30.3 Å². The average molecular weight is 325 g/mol. The molecule has 1 amide bonds. The van der Waals surface area contributed by atoms with E-state index in [2.05, 4.69) is 0 Å². The first-order valence-corrected chi connectivity index (χ1v) is 8.98. The Bertz CT molecular complexity index is 664. The molecule has 4 heteroatoms. The Morgan fingerprint density at radius 3 is 2.62 bits per heavy atom. The van der Waals surface area contributed by atoms with Crippen molar-refractivity contribution in [1.29, 1.82) is 0 Å². The molecule has 1 aromatic carbocycles. The van der Waals surface area contributed by atoms with Gasteiger partial charge < -0.3 is 9.64 Å². The lowest BCUT2D eigenvalue weighted by atomic mass is 9.98. The summed E-state index contributed by atoms with van der Waals surface area (Å²) in [5.74, 6) is 1.31. The van der Waals surface area contributed by atoms with Crippen molar-refractivity contribution in [2.75, 3.05) is 11.4 Å². The molecule has 3 fully saturated rings. The quantitative estimate of drug-likeness (QED) is 0.628. The number of rotatable bonds is 4. The van der Waals surface area contributed by atoms with E-state index in [0.717, 1.165) is 36.6 Å². The minimum Gasteiger partial charge on any atom is -0.459 e. The second kappa shape index (κ2) is 6.42. The van der Waals surface area contributed by atoms with Crippen LogP contribution in [0.1, 0.15) is 44.1 Å². The molecular formula is C20H23NO3. The molecule has 2 aliphatic carbocycles. The summed E-state index contributed by atoms with van der Waals surface area (Å²) >= 11 is 0. The number of nitrogens with zero attached hydrogens (tertiary/aromatic N) is 1. The molecule has 126 valence electrons. The molecule has 1 aliphatic heterocycles. The van der Waals surface area contributed by atoms with E-state index in [-0.39, 0.29) is 18.0 Å². The fourth-order valence-corrected chi connectivity index (χ4v) is 4.37. The summed E-state index contributed by atoms with van der Waals surface area (Å²) in [5.41, 5.74) is 1.87. The Hall–Kier alpha value is -2.10. The second-order valence-electron chi connectivity index (χ2n) is 7.22. The van der Waals surface area contributed by atoms with Crippen molar-refractivity contribution < 1.29 is 14.3 Å². The minimum atomic E-state index is -0.244. The summed E-state index contributed by atoms with van der Waals surface area (Å²) in [6.07, 6.45) is 9.79. The number of hydrogen-bond donors (Lipinski definition) is 0. The summed E-state index contributed by atoms with van der Waals surface area (Å²) in [6, 6.07) is 7.73. The van der Waals surface area contributed by atoms with Crippen molar-refractivity contribution in [2.45, 2.75) is 44.6 Å². The Balaban J connectivity index is 1.33. The monoisotopic (exact) mass is 325 g/mol. The summed E-state index contributed by atoms with van der Waals surface area (Å²) in [7, 11) is 0. The highest BCUT2D eigenvalue weighted by Crippen LogP contribution is 2.45. The van der Waals surface area contributed by atoms with Gasteiger partial charge in [-0.15, -0.1) is 0 Å². The van der Waals surface area contributed by atoms with Gasteiger partial charge >= 0.3 is 5.97 Å². The van der Waals surface area contributed by atoms with Crippen LogP contribution in [0.2, 0.25) is 0 Å². The van der Waals surface area contributed by atoms with Crippen molar-refractivity contribution in [3.63, 3.8) is 0 Å². The van der Waals surface area contributed by atoms with Gasteiger partial charge in [0.1, 0.15) is 6.10 Å². The van der Waals surface area contributed by atoms with Crippen molar-refractivity contribution in [1.82, 2.24) is 0 Å². The predicted molar refractivity (Wildman–Crippen MR) is 92.4 cm³/mol. The van der Waals surface area contributed by atoms with Crippen LogP contribution in [0.5, 0.6) is 0 Å². The van der Waals surface area contributed by atoms with Gasteiger partial charge in [0.15, 0.2) is 0 Å². The van der Waals surface area contributed by atoms with Gasteiger partial charge in [0.25, 0.3) is 0 Å². The fraction of sp³-hybridized carbons (Fsp3) is 0.500. The predicted octanol–water partition coefficient (Wildman–Crippen LogP) is 3.56. The molecule has 0 aromatic heterocycles. The van der Waals surface area contributed by atoms with E-state index in [1.165, 1.54) is 25.3 Å². The molecule has 2 saturated carbocycles. The number of esters is 1. The first-order chi connectivity index (χ1) is 11.7. The molecule has 2 bridgehead atoms. The van der Waals surface area contributed by atoms with Gasteiger partial charge in [-0.05, 0) is 67.7 Å². The lowest BCUT2D eigenvalue weighted by molar-refractivity contribution is -0.145. The third-order valence-corrected chi connectivity index (χ3v) is 5.63. The van der Waals surface area contributed by atoms with Crippen molar-refractivity contribution in [3.05, 3.63) is 35.9 Å². The van der Waals surface area contributed by atoms with E-state index in [1.807, 2.05) is 29.2 Å². The van der Waals surface area contributed by atoms with E-state index in [0.29, 0.717) is 12.3 Å². The smallest absolute Gasteiger partial charge is 0.331 e. The van der Waals surface area contributed by atoms with Gasteiger partial charge in [0.2, 0.25) is 5.91 Å². The van der Waals surface area contributed by atoms with Gasteiger partial charge in [-0.25, -0.2) is 4.79 Å². The van der Waals surface area contributed by atoms with E-state index in [1.54, 1.807) is 6.08 Å². The second-order valence-corrected chi connectivity index (χ2v) is 7.22. The molecule has 4 rings (SSSR count). The normalized spacial score (nSPS) is 28.9. The molecule has 1 heterocycles. The molecule has 3 atom stereocenters. The lowest BCUT2D eigenvalue weighted by Crippen LogP contribution is -2.23. The summed E-state index contributed by atoms with van der Waals surface area (Å²) < 4.78 is 5.61. The summed E-state index contributed by atoms with van der Waals surface area (Å²) in [5, 5.41) is 0. The Labute approximate surface area is 142 Å². The van der Waals surface area contributed by atoms with Crippen LogP contribution in [-0.4, -0.2) is 24.5 Å². The molecule has 4 nitrogen and oxygen atoms in total. The number of carbonyl (C=O) groups is 2. The summed E-state index contributed by atoms with van der Waals surface area (Å²) in [4.78, 5) is 25.6. The molecule has 0 unspecified atom stereocenters. The van der Waals surface area contributed by atoms with Crippen LogP contribution in [-0.2, 0) is 14.3 Å². The molecule has 0 spiro atoms. The van der Waals surface area contributed by atoms with Gasteiger partial charge in [-0.1, -0.05) is 12.1 Å². The number of ether oxygens (including phenoxy) is 1. The number of fused-ring (bicyclic) bond motifs is 2. The van der Waals surface area contributed by atoms with E-state index in [9.17, 15) is 9.59 Å². The van der Waals surface area contributed by atoms with Crippen LogP contribution in [0.4, 0.5) is 5.69 Å². The zero-order valence-electron chi connectivity index (χ0n) is 13.8. The van der Waals surface area contributed by atoms with Crippen LogP contribution >= 0.6 is 0 Å². The number of benzene rings is 1. The first kappa shape index (κ1) is 15.4. The molecule has 24 heavy (non-hydrogen) atoms. The van der Waals surface area contributed by atoms with Crippen molar-refractivity contribution >= 4 is 23.6 Å². The maximum Gasteiger partial charge on any atom is 0.331 e. The third-order valence-electron chi connectivity index (χ3n) is 5.63. The molecule has 1 aromatic rings. The van der Waals surface area contributed by atoms with Crippen LogP contribution in [0.3, 0.4) is 0 Å². The molecular weight excluding hydrogens is 302 g/mol. The summed E-state index contributed by atoms with van der Waals surface area (Å²) in [6.45, 7) is 0.796. The van der Waals surface area contributed by atoms with Gasteiger partial charge in [-0.2, -0.15) is 0 Å². The number of carbonyl (C=O) groups excluding carboxylic acids is 2. The topological polar surface area (TPSA) is 46.6 Å². The highest BCUT2D eigenvalue weighted by molar-refractivity contribution is 5.95. The van der Waals surface area contributed by atoms with Crippen molar-refractivity contribution in [3.8, 4) is 0 Å². The highest BCUT2D eigenvalue weighted by Gasteiger charge is 2.41. The first-order valence-electron chi connectivity index (χ1n) is 8.98. The van der Waals surface area contributed by atoms with Crippen molar-refractivity contribution in [2.24, 2.45) is 11.8 Å². The minimum absolute atomic E-state index is 0.129. The zero-order chi connectivity index (χ0) is 16.5. The van der Waals surface area contributed by atoms with E-state index in [4.69, 9.17) is 4.74 Å². The zero-order valence-corrected chi connectivity index (χ0v) is 13.8. The van der Waals surface area contributed by atoms with E-state index >= 15 is 0 Å². The number of anilines is 1. The molecule has 0 N–H and O–H groups in total. The van der Waals surface area contributed by atoms with Gasteiger partial charge in [-0.3, -0.25) is 4.79 Å². The largest absolute Gasteiger partial charge is 0.459 e. The van der Waals surface area contributed by atoms with Gasteiger partial charge in [0.05, 0.1) is 0 Å². The SMILES string of the molecule is O=C(/C=C\c1ccc(N2CCCC2=O)cc1)O[C@@H]1C[C@H]2CC[C@H]1C2. The van der Waals surface area contributed by atoms with E-state index < -0.39 is 0 Å². The van der Waals surface area contributed by atoms with Crippen LogP contribution < -0.4 is 4.90 Å². The Morgan fingerprint density at radius 1 is 1.17 bits per heavy atom. The average Bonchev–Trinajstić information content (AvgIpc) is 3.30. The highest BCUT2D eigenvalue weighted by atomic mass is 16.5. The maximum atomic E-state index is 12.0. The number of hydrogen-bond acceptors (Lipinski definition) is 3. The molecule has 0 radical (unpaired) electrons. The molecule has 3 aliphatic rings. The standard InChI is InChI=1S/C20H23NO3/c22-19-2-1-11-21(19)17-8-4-14(5-9-17)6-10-20(23)24-18-13-15-3-7-16(18)12-15/h4-6,8-10,15-16,18H,1-3,7,11-13H2/b10-6-/t15-,16-,18+/m0/s1. The van der Waals surface area contributed by atoms with Gasteiger partial charge in [0, 0.05) is 24.7 Å². The third kappa shape index (κ3) is 3.10. The lowest BCUT2D eigenvalue weighted by Gasteiger charge is -2.21. The van der Waals surface area contributed by atoms with Crippen LogP contribution in [0.25, 0.3) is 6.08 Å². The maximum absolute atomic E-state index is 12.0. The molecule has 1 saturated heterocycles. The van der Waals surface area contributed by atoms with Crippen LogP contribution in [0, 0.1) is 11.8 Å². The fourth-order valence-electron chi connectivity index (χ4n) is 4.37. The Kier molecular flexibility index (Phi) is 4.13. The Morgan fingerprint density at radius 2 is 2.00 bits per heavy atom.